The molecule has 1 aromatic carbocycles. The van der Waals surface area contributed by atoms with E-state index in [0.717, 1.165) is 29.7 Å². The van der Waals surface area contributed by atoms with Gasteiger partial charge in [0, 0.05) is 31.6 Å². The SMILES string of the molecule is O=C1O[C@@H](CCC(=O)n2ccnn2)CN1c1cc(F)c(N2CC3CCC(C2)O3)c(F)c1. The molecule has 2 aromatic rings. The molecule has 2 bridgehead atoms. The molecule has 5 rings (SSSR count). The zero-order chi connectivity index (χ0) is 21.5. The van der Waals surface area contributed by atoms with Crippen molar-refractivity contribution in [1.29, 1.82) is 0 Å². The second kappa shape index (κ2) is 7.88. The van der Waals surface area contributed by atoms with Crippen LogP contribution in [0.3, 0.4) is 0 Å². The van der Waals surface area contributed by atoms with Crippen LogP contribution in [0.5, 0.6) is 0 Å². The minimum atomic E-state index is -0.728. The minimum absolute atomic E-state index is 0.00761. The number of aromatic nitrogens is 3. The van der Waals surface area contributed by atoms with Gasteiger partial charge in [0.05, 0.1) is 36.8 Å². The molecule has 3 atom stereocenters. The Kier molecular flexibility index (Phi) is 5.05. The van der Waals surface area contributed by atoms with Crippen molar-refractivity contribution in [1.82, 2.24) is 15.0 Å². The Morgan fingerprint density at radius 3 is 2.48 bits per heavy atom. The number of anilines is 2. The molecule has 1 amide bonds. The van der Waals surface area contributed by atoms with E-state index in [1.165, 1.54) is 17.3 Å². The number of morpholine rings is 1. The van der Waals surface area contributed by atoms with Crippen LogP contribution in [0.15, 0.2) is 24.5 Å². The lowest BCUT2D eigenvalue weighted by atomic mass is 10.1. The van der Waals surface area contributed by atoms with E-state index in [4.69, 9.17) is 9.47 Å². The van der Waals surface area contributed by atoms with Crippen LogP contribution < -0.4 is 9.80 Å². The highest BCUT2D eigenvalue weighted by atomic mass is 19.1. The summed E-state index contributed by atoms with van der Waals surface area (Å²) in [6, 6.07) is 2.31. The summed E-state index contributed by atoms with van der Waals surface area (Å²) in [4.78, 5) is 27.2. The molecule has 0 saturated carbocycles. The Hall–Kier alpha value is -3.08. The van der Waals surface area contributed by atoms with E-state index in [0.29, 0.717) is 13.1 Å². The minimum Gasteiger partial charge on any atom is -0.444 e. The number of hydrogen-bond donors (Lipinski definition) is 0. The average molecular weight is 433 g/mol. The maximum atomic E-state index is 14.9. The van der Waals surface area contributed by atoms with E-state index < -0.39 is 23.8 Å². The van der Waals surface area contributed by atoms with Crippen LogP contribution in [0, 0.1) is 11.6 Å². The molecule has 0 aliphatic carbocycles. The number of rotatable bonds is 5. The molecule has 31 heavy (non-hydrogen) atoms. The van der Waals surface area contributed by atoms with Gasteiger partial charge in [-0.3, -0.25) is 9.69 Å². The summed E-state index contributed by atoms with van der Waals surface area (Å²) in [5.41, 5.74) is -0.00317. The number of carbonyl (C=O) groups is 2. The maximum absolute atomic E-state index is 14.9. The predicted molar refractivity (Wildman–Crippen MR) is 104 cm³/mol. The predicted octanol–water partition coefficient (Wildman–Crippen LogP) is 2.37. The molecule has 9 nitrogen and oxygen atoms in total. The van der Waals surface area contributed by atoms with Crippen LogP contribution >= 0.6 is 0 Å². The van der Waals surface area contributed by atoms with Gasteiger partial charge >= 0.3 is 6.09 Å². The molecule has 0 N–H and O–H groups in total. The molecule has 4 heterocycles. The largest absolute Gasteiger partial charge is 0.444 e. The number of nitrogens with zero attached hydrogens (tertiary/aromatic N) is 5. The van der Waals surface area contributed by atoms with E-state index >= 15 is 0 Å². The van der Waals surface area contributed by atoms with Gasteiger partial charge in [-0.2, -0.15) is 4.68 Å². The van der Waals surface area contributed by atoms with Gasteiger partial charge in [0.15, 0.2) is 11.6 Å². The fraction of sp³-hybridized carbons (Fsp3) is 0.500. The fourth-order valence-electron chi connectivity index (χ4n) is 4.43. The summed E-state index contributed by atoms with van der Waals surface area (Å²) >= 11 is 0. The maximum Gasteiger partial charge on any atom is 0.414 e. The van der Waals surface area contributed by atoms with Crippen molar-refractivity contribution in [2.24, 2.45) is 0 Å². The van der Waals surface area contributed by atoms with Crippen molar-refractivity contribution in [3.63, 3.8) is 0 Å². The molecule has 11 heteroatoms. The van der Waals surface area contributed by atoms with Gasteiger partial charge in [-0.25, -0.2) is 13.6 Å². The van der Waals surface area contributed by atoms with Gasteiger partial charge in [0.2, 0.25) is 5.91 Å². The molecule has 3 fully saturated rings. The first-order valence-electron chi connectivity index (χ1n) is 10.2. The Morgan fingerprint density at radius 1 is 1.13 bits per heavy atom. The fourth-order valence-corrected chi connectivity index (χ4v) is 4.43. The highest BCUT2D eigenvalue weighted by Gasteiger charge is 2.37. The third-order valence-corrected chi connectivity index (χ3v) is 5.91. The number of amides is 1. The highest BCUT2D eigenvalue weighted by Crippen LogP contribution is 2.35. The van der Waals surface area contributed by atoms with E-state index in [9.17, 15) is 18.4 Å². The smallest absolute Gasteiger partial charge is 0.414 e. The second-order valence-corrected chi connectivity index (χ2v) is 8.02. The lowest BCUT2D eigenvalue weighted by Crippen LogP contribution is -2.43. The number of benzene rings is 1. The van der Waals surface area contributed by atoms with Crippen molar-refractivity contribution in [3.8, 4) is 0 Å². The first-order valence-corrected chi connectivity index (χ1v) is 10.2. The van der Waals surface area contributed by atoms with E-state index in [1.54, 1.807) is 4.90 Å². The number of hydrogen-bond acceptors (Lipinski definition) is 7. The monoisotopic (exact) mass is 433 g/mol. The summed E-state index contributed by atoms with van der Waals surface area (Å²) in [5, 5.41) is 7.19. The number of halogens is 2. The Bertz CT molecular complexity index is 966. The van der Waals surface area contributed by atoms with Gasteiger partial charge in [-0.1, -0.05) is 5.21 Å². The zero-order valence-electron chi connectivity index (χ0n) is 16.6. The second-order valence-electron chi connectivity index (χ2n) is 8.02. The van der Waals surface area contributed by atoms with E-state index in [1.807, 2.05) is 0 Å². The van der Waals surface area contributed by atoms with Crippen molar-refractivity contribution < 1.29 is 27.8 Å². The van der Waals surface area contributed by atoms with Crippen LogP contribution in [0.4, 0.5) is 25.0 Å². The lowest BCUT2D eigenvalue weighted by Gasteiger charge is -2.34. The third kappa shape index (κ3) is 3.85. The van der Waals surface area contributed by atoms with Gasteiger partial charge in [-0.05, 0) is 19.3 Å². The topological polar surface area (TPSA) is 89.8 Å². The standard InChI is InChI=1S/C20H21F2N5O4/c21-16-7-12(8-17(22)19(16)25-9-13-1-2-14(10-25)30-13)26-11-15(31-20(26)29)3-4-18(28)27-6-5-23-24-27/h5-8,13-15H,1-4,9-11H2/t13?,14?,15-/m0/s1. The molecule has 0 radical (unpaired) electrons. The Morgan fingerprint density at radius 2 is 1.84 bits per heavy atom. The molecular formula is C20H21F2N5O4. The van der Waals surface area contributed by atoms with Crippen molar-refractivity contribution in [2.75, 3.05) is 29.4 Å². The molecule has 1 aromatic heterocycles. The highest BCUT2D eigenvalue weighted by molar-refractivity contribution is 5.90. The van der Waals surface area contributed by atoms with Crippen LogP contribution in [-0.2, 0) is 9.47 Å². The summed E-state index contributed by atoms with van der Waals surface area (Å²) in [7, 11) is 0. The first kappa shape index (κ1) is 19.9. The molecule has 164 valence electrons. The van der Waals surface area contributed by atoms with Crippen LogP contribution in [0.2, 0.25) is 0 Å². The summed E-state index contributed by atoms with van der Waals surface area (Å²) in [6.07, 6.45) is 3.68. The average Bonchev–Trinajstić information content (AvgIpc) is 3.46. The molecular weight excluding hydrogens is 412 g/mol. The quantitative estimate of drug-likeness (QED) is 0.715. The van der Waals surface area contributed by atoms with Crippen molar-refractivity contribution >= 4 is 23.4 Å². The normalized spacial score (nSPS) is 25.2. The van der Waals surface area contributed by atoms with Crippen LogP contribution in [0.1, 0.15) is 30.5 Å². The Balaban J connectivity index is 1.27. The van der Waals surface area contributed by atoms with Gasteiger partial charge in [0.25, 0.3) is 0 Å². The molecule has 0 spiro atoms. The number of carbonyl (C=O) groups excluding carboxylic acids is 2. The number of fused-ring (bicyclic) bond motifs is 2. The van der Waals surface area contributed by atoms with Crippen LogP contribution in [0.25, 0.3) is 0 Å². The third-order valence-electron chi connectivity index (χ3n) is 5.91. The van der Waals surface area contributed by atoms with Gasteiger partial charge in [-0.15, -0.1) is 5.10 Å². The summed E-state index contributed by atoms with van der Waals surface area (Å²) in [5.74, 6) is -1.74. The molecule has 2 unspecified atom stereocenters. The zero-order valence-corrected chi connectivity index (χ0v) is 16.6. The number of cyclic esters (lactones) is 1. The number of ether oxygens (including phenoxy) is 2. The van der Waals surface area contributed by atoms with E-state index in [2.05, 4.69) is 10.3 Å². The van der Waals surface area contributed by atoms with E-state index in [-0.39, 0.29) is 48.9 Å². The summed E-state index contributed by atoms with van der Waals surface area (Å²) in [6.45, 7) is 0.984. The van der Waals surface area contributed by atoms with Gasteiger partial charge in [0.1, 0.15) is 11.8 Å². The first-order chi connectivity index (χ1) is 15.0. The molecule has 3 aliphatic rings. The van der Waals surface area contributed by atoms with Crippen molar-refractivity contribution in [2.45, 2.75) is 44.0 Å². The van der Waals surface area contributed by atoms with Crippen molar-refractivity contribution in [3.05, 3.63) is 36.2 Å². The molecule has 3 aliphatic heterocycles. The summed E-state index contributed by atoms with van der Waals surface area (Å²) < 4.78 is 41.9. The van der Waals surface area contributed by atoms with Gasteiger partial charge < -0.3 is 14.4 Å². The lowest BCUT2D eigenvalue weighted by molar-refractivity contribution is 0.0300. The van der Waals surface area contributed by atoms with Crippen LogP contribution in [-0.4, -0.2) is 64.9 Å². The Labute approximate surface area is 176 Å². The molecule has 3 saturated heterocycles.